The van der Waals surface area contributed by atoms with Crippen molar-refractivity contribution in [3.8, 4) is 0 Å². The molecule has 0 bridgehead atoms. The van der Waals surface area contributed by atoms with E-state index >= 15 is 0 Å². The molecule has 0 radical (unpaired) electrons. The summed E-state index contributed by atoms with van der Waals surface area (Å²) in [7, 11) is 0. The van der Waals surface area contributed by atoms with Crippen LogP contribution in [0.5, 0.6) is 0 Å². The van der Waals surface area contributed by atoms with Gasteiger partial charge >= 0.3 is 0 Å². The van der Waals surface area contributed by atoms with Crippen LogP contribution < -0.4 is 0 Å². The van der Waals surface area contributed by atoms with E-state index in [9.17, 15) is 10.1 Å². The fourth-order valence-corrected chi connectivity index (χ4v) is 4.97. The molecule has 198 valence electrons. The number of nitro groups is 1. The van der Waals surface area contributed by atoms with Crippen molar-refractivity contribution in [3.63, 3.8) is 0 Å². The summed E-state index contributed by atoms with van der Waals surface area (Å²) in [6, 6.07) is -0.290. The first-order valence-electron chi connectivity index (χ1n) is 15.4. The van der Waals surface area contributed by atoms with Gasteiger partial charge in [-0.15, -0.1) is 0 Å². The van der Waals surface area contributed by atoms with E-state index in [1.165, 1.54) is 148 Å². The Morgan fingerprint density at radius 2 is 0.636 bits per heavy atom. The zero-order chi connectivity index (χ0) is 24.2. The fraction of sp³-hybridized carbons (Fsp3) is 1.00. The van der Waals surface area contributed by atoms with Crippen LogP contribution in [0.2, 0.25) is 0 Å². The van der Waals surface area contributed by atoms with Gasteiger partial charge < -0.3 is 0 Å². The van der Waals surface area contributed by atoms with Gasteiger partial charge in [-0.05, 0) is 12.8 Å². The summed E-state index contributed by atoms with van der Waals surface area (Å²) in [5.41, 5.74) is 0. The molecule has 0 aromatic carbocycles. The molecule has 0 aliphatic carbocycles. The second-order valence-corrected chi connectivity index (χ2v) is 10.6. The van der Waals surface area contributed by atoms with Gasteiger partial charge in [-0.2, -0.15) is 0 Å². The highest BCUT2D eigenvalue weighted by atomic mass is 16.6. The molecule has 0 spiro atoms. The predicted octanol–water partition coefficient (Wildman–Crippen LogP) is 11.2. The maximum absolute atomic E-state index is 11.3. The monoisotopic (exact) mass is 467 g/mol. The first-order valence-corrected chi connectivity index (χ1v) is 15.4. The molecule has 0 rings (SSSR count). The van der Waals surface area contributed by atoms with E-state index in [0.717, 1.165) is 25.7 Å². The lowest BCUT2D eigenvalue weighted by Crippen LogP contribution is -2.19. The zero-order valence-electron chi connectivity index (χ0n) is 22.9. The lowest BCUT2D eigenvalue weighted by Gasteiger charge is -2.09. The molecule has 1 unspecified atom stereocenters. The van der Waals surface area contributed by atoms with Crippen LogP contribution in [0.15, 0.2) is 0 Å². The SMILES string of the molecule is CCCCCCCCCCCCCCCCCCCC(CCCCCCCCCC)[N+](=O)[O-]. The lowest BCUT2D eigenvalue weighted by atomic mass is 10.00. The first kappa shape index (κ1) is 32.4. The van der Waals surface area contributed by atoms with Crippen LogP contribution >= 0.6 is 0 Å². The maximum atomic E-state index is 11.3. The van der Waals surface area contributed by atoms with Gasteiger partial charge in [0.25, 0.3) is 0 Å². The van der Waals surface area contributed by atoms with E-state index in [-0.39, 0.29) is 11.0 Å². The summed E-state index contributed by atoms with van der Waals surface area (Å²) in [5, 5.41) is 11.3. The number of rotatable bonds is 28. The summed E-state index contributed by atoms with van der Waals surface area (Å²) >= 11 is 0. The maximum Gasteiger partial charge on any atom is 0.213 e. The molecular weight excluding hydrogens is 406 g/mol. The van der Waals surface area contributed by atoms with Crippen LogP contribution in [0.3, 0.4) is 0 Å². The van der Waals surface area contributed by atoms with E-state index in [2.05, 4.69) is 13.8 Å². The Kier molecular flexibility index (Phi) is 27.1. The van der Waals surface area contributed by atoms with Crippen molar-refractivity contribution >= 4 is 0 Å². The largest absolute Gasteiger partial charge is 0.264 e. The van der Waals surface area contributed by atoms with Gasteiger partial charge in [0.1, 0.15) is 0 Å². The van der Waals surface area contributed by atoms with E-state index in [0.29, 0.717) is 0 Å². The third kappa shape index (κ3) is 25.9. The summed E-state index contributed by atoms with van der Waals surface area (Å²) in [4.78, 5) is 11.3. The summed E-state index contributed by atoms with van der Waals surface area (Å²) in [6.07, 6.45) is 34.9. The summed E-state index contributed by atoms with van der Waals surface area (Å²) < 4.78 is 0. The van der Waals surface area contributed by atoms with Crippen LogP contribution in [-0.2, 0) is 0 Å². The van der Waals surface area contributed by atoms with E-state index in [4.69, 9.17) is 0 Å². The molecular formula is C30H61NO2. The topological polar surface area (TPSA) is 43.1 Å². The molecule has 0 amide bonds. The Hall–Kier alpha value is -0.600. The Morgan fingerprint density at radius 3 is 0.848 bits per heavy atom. The van der Waals surface area contributed by atoms with Gasteiger partial charge in [-0.3, -0.25) is 10.1 Å². The summed E-state index contributed by atoms with van der Waals surface area (Å²) in [5.74, 6) is 0. The zero-order valence-corrected chi connectivity index (χ0v) is 22.9. The average molecular weight is 468 g/mol. The molecule has 3 heteroatoms. The normalized spacial score (nSPS) is 12.3. The van der Waals surface area contributed by atoms with Crippen molar-refractivity contribution in [2.75, 3.05) is 0 Å². The Labute approximate surface area is 208 Å². The third-order valence-corrected chi connectivity index (χ3v) is 7.33. The average Bonchev–Trinajstić information content (AvgIpc) is 2.81. The third-order valence-electron chi connectivity index (χ3n) is 7.33. The highest BCUT2D eigenvalue weighted by Gasteiger charge is 2.18. The van der Waals surface area contributed by atoms with E-state index < -0.39 is 0 Å². The lowest BCUT2D eigenvalue weighted by molar-refractivity contribution is -0.524. The van der Waals surface area contributed by atoms with Gasteiger partial charge in [0.15, 0.2) is 0 Å². The highest BCUT2D eigenvalue weighted by molar-refractivity contribution is 4.59. The quantitative estimate of drug-likeness (QED) is 0.0652. The Bertz CT molecular complexity index is 385. The second-order valence-electron chi connectivity index (χ2n) is 10.6. The number of unbranched alkanes of at least 4 members (excludes halogenated alkanes) is 23. The van der Waals surface area contributed by atoms with Crippen molar-refractivity contribution in [2.45, 2.75) is 193 Å². The molecule has 0 aliphatic rings. The molecule has 1 atom stereocenters. The van der Waals surface area contributed by atoms with Crippen molar-refractivity contribution < 1.29 is 4.92 Å². The minimum absolute atomic E-state index is 0.00624. The highest BCUT2D eigenvalue weighted by Crippen LogP contribution is 2.17. The number of hydrogen-bond acceptors (Lipinski definition) is 2. The minimum Gasteiger partial charge on any atom is -0.264 e. The van der Waals surface area contributed by atoms with Gasteiger partial charge in [0.05, 0.1) is 0 Å². The van der Waals surface area contributed by atoms with Crippen LogP contribution in [-0.4, -0.2) is 11.0 Å². The molecule has 33 heavy (non-hydrogen) atoms. The van der Waals surface area contributed by atoms with Gasteiger partial charge in [0.2, 0.25) is 6.04 Å². The van der Waals surface area contributed by atoms with Crippen LogP contribution in [0.4, 0.5) is 0 Å². The van der Waals surface area contributed by atoms with E-state index in [1.54, 1.807) is 0 Å². The molecule has 0 saturated heterocycles. The van der Waals surface area contributed by atoms with Gasteiger partial charge in [0, 0.05) is 17.8 Å². The smallest absolute Gasteiger partial charge is 0.213 e. The molecule has 0 aliphatic heterocycles. The van der Waals surface area contributed by atoms with Gasteiger partial charge in [-0.1, -0.05) is 162 Å². The van der Waals surface area contributed by atoms with Gasteiger partial charge in [-0.25, -0.2) is 0 Å². The van der Waals surface area contributed by atoms with Crippen LogP contribution in [0.1, 0.15) is 187 Å². The number of hydrogen-bond donors (Lipinski definition) is 0. The van der Waals surface area contributed by atoms with Crippen molar-refractivity contribution in [1.82, 2.24) is 0 Å². The van der Waals surface area contributed by atoms with Crippen LogP contribution in [0.25, 0.3) is 0 Å². The predicted molar refractivity (Wildman–Crippen MR) is 147 cm³/mol. The molecule has 0 fully saturated rings. The molecule has 0 aromatic rings. The Balaban J connectivity index is 3.36. The standard InChI is InChI=1S/C30H61NO2/c1-3-5-7-9-11-13-14-15-16-17-18-19-20-21-23-25-27-29-30(31(32)33)28-26-24-22-12-10-8-6-4-2/h30H,3-29H2,1-2H3. The van der Waals surface area contributed by atoms with Crippen LogP contribution in [0, 0.1) is 10.1 Å². The minimum atomic E-state index is -0.290. The fourth-order valence-electron chi connectivity index (χ4n) is 4.97. The molecule has 0 heterocycles. The van der Waals surface area contributed by atoms with Crippen molar-refractivity contribution in [3.05, 3.63) is 10.1 Å². The van der Waals surface area contributed by atoms with Crippen molar-refractivity contribution in [2.24, 2.45) is 0 Å². The molecule has 0 aromatic heterocycles. The Morgan fingerprint density at radius 1 is 0.424 bits per heavy atom. The van der Waals surface area contributed by atoms with E-state index in [1.807, 2.05) is 0 Å². The molecule has 0 saturated carbocycles. The van der Waals surface area contributed by atoms with Crippen molar-refractivity contribution in [1.29, 1.82) is 0 Å². The molecule has 3 nitrogen and oxygen atoms in total. The molecule has 0 N–H and O–H groups in total. The number of nitrogens with zero attached hydrogens (tertiary/aromatic N) is 1. The summed E-state index contributed by atoms with van der Waals surface area (Å²) in [6.45, 7) is 4.53. The first-order chi connectivity index (χ1) is 16.2. The second kappa shape index (κ2) is 27.6.